The smallest absolute Gasteiger partial charge is 0.119 e. The van der Waals surface area contributed by atoms with Crippen LogP contribution in [0.15, 0.2) is 24.3 Å². The van der Waals surface area contributed by atoms with Crippen LogP contribution in [0, 0.1) is 5.92 Å². The maximum atomic E-state index is 5.63. The van der Waals surface area contributed by atoms with Gasteiger partial charge in [0, 0.05) is 6.54 Å². The van der Waals surface area contributed by atoms with Crippen LogP contribution in [0.4, 0.5) is 0 Å². The topological polar surface area (TPSA) is 21.3 Å². The molecule has 1 aromatic rings. The highest BCUT2D eigenvalue weighted by atomic mass is 16.5. The van der Waals surface area contributed by atoms with E-state index in [0.29, 0.717) is 0 Å². The van der Waals surface area contributed by atoms with Crippen LogP contribution >= 0.6 is 0 Å². The van der Waals surface area contributed by atoms with Gasteiger partial charge in [0.25, 0.3) is 0 Å². The van der Waals surface area contributed by atoms with Gasteiger partial charge in [-0.2, -0.15) is 0 Å². The maximum Gasteiger partial charge on any atom is 0.119 e. The van der Waals surface area contributed by atoms with E-state index in [-0.39, 0.29) is 6.10 Å². The van der Waals surface area contributed by atoms with Crippen LogP contribution in [0.5, 0.6) is 5.75 Å². The number of rotatable bonds is 8. The van der Waals surface area contributed by atoms with Crippen LogP contribution < -0.4 is 10.1 Å². The predicted octanol–water partition coefficient (Wildman–Crippen LogP) is 4.00. The van der Waals surface area contributed by atoms with Crippen molar-refractivity contribution in [2.75, 3.05) is 6.54 Å². The third-order valence-electron chi connectivity index (χ3n) is 3.21. The third kappa shape index (κ3) is 5.54. The Morgan fingerprint density at radius 3 is 2.17 bits per heavy atom. The highest BCUT2D eigenvalue weighted by Gasteiger charge is 2.02. The van der Waals surface area contributed by atoms with Crippen LogP contribution in [-0.4, -0.2) is 12.6 Å². The van der Waals surface area contributed by atoms with Gasteiger partial charge in [0.2, 0.25) is 0 Å². The molecule has 0 saturated carbocycles. The van der Waals surface area contributed by atoms with E-state index in [4.69, 9.17) is 4.74 Å². The molecule has 0 aliphatic heterocycles. The van der Waals surface area contributed by atoms with Gasteiger partial charge in [-0.25, -0.2) is 0 Å². The molecular weight excluding hydrogens is 222 g/mol. The van der Waals surface area contributed by atoms with E-state index in [2.05, 4.69) is 31.3 Å². The van der Waals surface area contributed by atoms with Crippen LogP contribution in [0.25, 0.3) is 0 Å². The first-order valence-electron chi connectivity index (χ1n) is 7.12. The van der Waals surface area contributed by atoms with Crippen LogP contribution in [0.1, 0.15) is 46.1 Å². The monoisotopic (exact) mass is 249 g/mol. The molecule has 102 valence electrons. The molecule has 0 bridgehead atoms. The van der Waals surface area contributed by atoms with Gasteiger partial charge < -0.3 is 10.1 Å². The summed E-state index contributed by atoms with van der Waals surface area (Å²) < 4.78 is 5.63. The Bertz CT molecular complexity index is 314. The van der Waals surface area contributed by atoms with Crippen molar-refractivity contribution in [3.63, 3.8) is 0 Å². The number of nitrogens with one attached hydrogen (secondary N) is 1. The number of ether oxygens (including phenoxy) is 1. The molecule has 0 aliphatic rings. The van der Waals surface area contributed by atoms with E-state index in [1.165, 1.54) is 18.4 Å². The second-order valence-corrected chi connectivity index (χ2v) is 5.12. The Balaban J connectivity index is 2.35. The van der Waals surface area contributed by atoms with Crippen molar-refractivity contribution in [2.45, 2.75) is 53.2 Å². The average Bonchev–Trinajstić information content (AvgIpc) is 2.36. The quantitative estimate of drug-likeness (QED) is 0.752. The minimum Gasteiger partial charge on any atom is -0.491 e. The third-order valence-corrected chi connectivity index (χ3v) is 3.21. The predicted molar refractivity (Wildman–Crippen MR) is 78.0 cm³/mol. The van der Waals surface area contributed by atoms with Gasteiger partial charge in [0.05, 0.1) is 6.10 Å². The summed E-state index contributed by atoms with van der Waals surface area (Å²) in [6.07, 6.45) is 2.75. The maximum absolute atomic E-state index is 5.63. The summed E-state index contributed by atoms with van der Waals surface area (Å²) in [5, 5.41) is 3.52. The van der Waals surface area contributed by atoms with Crippen LogP contribution in [0.2, 0.25) is 0 Å². The molecule has 1 rings (SSSR count). The molecule has 18 heavy (non-hydrogen) atoms. The van der Waals surface area contributed by atoms with Crippen molar-refractivity contribution in [3.05, 3.63) is 29.8 Å². The van der Waals surface area contributed by atoms with E-state index >= 15 is 0 Å². The molecule has 0 heterocycles. The second-order valence-electron chi connectivity index (χ2n) is 5.12. The summed E-state index contributed by atoms with van der Waals surface area (Å²) in [5.41, 5.74) is 1.32. The Morgan fingerprint density at radius 2 is 1.67 bits per heavy atom. The van der Waals surface area contributed by atoms with Crippen LogP contribution in [-0.2, 0) is 6.54 Å². The lowest BCUT2D eigenvalue weighted by atomic mass is 10.0. The first-order valence-corrected chi connectivity index (χ1v) is 7.12. The molecule has 0 amide bonds. The largest absolute Gasteiger partial charge is 0.491 e. The Labute approximate surface area is 112 Å². The fourth-order valence-corrected chi connectivity index (χ4v) is 1.96. The van der Waals surface area contributed by atoms with Crippen molar-refractivity contribution in [3.8, 4) is 5.75 Å². The number of hydrogen-bond donors (Lipinski definition) is 1. The minimum absolute atomic E-state index is 0.240. The van der Waals surface area contributed by atoms with Crippen molar-refractivity contribution in [1.82, 2.24) is 5.32 Å². The summed E-state index contributed by atoms with van der Waals surface area (Å²) in [7, 11) is 0. The molecule has 1 N–H and O–H groups in total. The standard InChI is InChI=1S/C16H27NO/c1-5-14(6-2)11-17-12-15-7-9-16(10-8-15)18-13(3)4/h7-10,13-14,17H,5-6,11-12H2,1-4H3. The van der Waals surface area contributed by atoms with Crippen molar-refractivity contribution >= 4 is 0 Å². The van der Waals surface area contributed by atoms with Gasteiger partial charge in [0.15, 0.2) is 0 Å². The number of benzene rings is 1. The summed E-state index contributed by atoms with van der Waals surface area (Å²) in [6.45, 7) is 10.7. The SMILES string of the molecule is CCC(CC)CNCc1ccc(OC(C)C)cc1. The lowest BCUT2D eigenvalue weighted by molar-refractivity contribution is 0.242. The molecule has 0 radical (unpaired) electrons. The molecule has 2 heteroatoms. The molecule has 0 fully saturated rings. The van der Waals surface area contributed by atoms with Gasteiger partial charge in [0.1, 0.15) is 5.75 Å². The van der Waals surface area contributed by atoms with Gasteiger partial charge >= 0.3 is 0 Å². The van der Waals surface area contributed by atoms with Crippen molar-refractivity contribution < 1.29 is 4.74 Å². The van der Waals surface area contributed by atoms with Crippen molar-refractivity contribution in [1.29, 1.82) is 0 Å². The zero-order valence-electron chi connectivity index (χ0n) is 12.2. The summed E-state index contributed by atoms with van der Waals surface area (Å²) in [4.78, 5) is 0. The van der Waals surface area contributed by atoms with E-state index < -0.39 is 0 Å². The molecule has 0 spiro atoms. The zero-order valence-corrected chi connectivity index (χ0v) is 12.2. The molecule has 2 nitrogen and oxygen atoms in total. The normalized spacial score (nSPS) is 11.2. The Kier molecular flexibility index (Phi) is 6.81. The second kappa shape index (κ2) is 8.15. The summed E-state index contributed by atoms with van der Waals surface area (Å²) >= 11 is 0. The fraction of sp³-hybridized carbons (Fsp3) is 0.625. The molecule has 0 aliphatic carbocycles. The van der Waals surface area contributed by atoms with Gasteiger partial charge in [-0.15, -0.1) is 0 Å². The number of hydrogen-bond acceptors (Lipinski definition) is 2. The highest BCUT2D eigenvalue weighted by Crippen LogP contribution is 2.14. The summed E-state index contributed by atoms with van der Waals surface area (Å²) in [5.74, 6) is 1.75. The first kappa shape index (κ1) is 15.0. The van der Waals surface area contributed by atoms with Gasteiger partial charge in [-0.3, -0.25) is 0 Å². The highest BCUT2D eigenvalue weighted by molar-refractivity contribution is 5.27. The molecular formula is C16H27NO. The zero-order chi connectivity index (χ0) is 13.4. The fourth-order valence-electron chi connectivity index (χ4n) is 1.96. The van der Waals surface area contributed by atoms with E-state index in [0.717, 1.165) is 24.8 Å². The Hall–Kier alpha value is -1.02. The van der Waals surface area contributed by atoms with Gasteiger partial charge in [-0.1, -0.05) is 38.8 Å². The van der Waals surface area contributed by atoms with E-state index in [1.807, 2.05) is 26.0 Å². The van der Waals surface area contributed by atoms with Crippen LogP contribution in [0.3, 0.4) is 0 Å². The molecule has 0 saturated heterocycles. The molecule has 1 aromatic carbocycles. The lowest BCUT2D eigenvalue weighted by Crippen LogP contribution is -2.21. The molecule has 0 unspecified atom stereocenters. The average molecular weight is 249 g/mol. The van der Waals surface area contributed by atoms with E-state index in [9.17, 15) is 0 Å². The summed E-state index contributed by atoms with van der Waals surface area (Å²) in [6, 6.07) is 8.37. The first-order chi connectivity index (χ1) is 8.65. The minimum atomic E-state index is 0.240. The lowest BCUT2D eigenvalue weighted by Gasteiger charge is -2.14. The van der Waals surface area contributed by atoms with E-state index in [1.54, 1.807) is 0 Å². The van der Waals surface area contributed by atoms with Crippen molar-refractivity contribution in [2.24, 2.45) is 5.92 Å². The molecule has 0 atom stereocenters. The Morgan fingerprint density at radius 1 is 1.06 bits per heavy atom. The van der Waals surface area contributed by atoms with Gasteiger partial charge in [-0.05, 0) is 44.0 Å². The molecule has 0 aromatic heterocycles.